The van der Waals surface area contributed by atoms with E-state index >= 15 is 0 Å². The van der Waals surface area contributed by atoms with E-state index in [1.165, 1.54) is 25.3 Å². The van der Waals surface area contributed by atoms with Gasteiger partial charge in [-0.2, -0.15) is 4.98 Å². The average Bonchev–Trinajstić information content (AvgIpc) is 3.43. The van der Waals surface area contributed by atoms with Gasteiger partial charge >= 0.3 is 0 Å². The third-order valence-electron chi connectivity index (χ3n) is 4.44. The number of hydrogen-bond acceptors (Lipinski definition) is 8. The molecule has 0 N–H and O–H groups in total. The van der Waals surface area contributed by atoms with Crippen LogP contribution in [0.3, 0.4) is 0 Å². The van der Waals surface area contributed by atoms with Gasteiger partial charge in [0.2, 0.25) is 5.82 Å². The Bertz CT molecular complexity index is 1330. The van der Waals surface area contributed by atoms with E-state index in [0.717, 1.165) is 0 Å². The van der Waals surface area contributed by atoms with Gasteiger partial charge in [-0.1, -0.05) is 28.9 Å². The molecule has 0 radical (unpaired) electrons. The molecule has 10 heteroatoms. The van der Waals surface area contributed by atoms with Gasteiger partial charge in [-0.15, -0.1) is 0 Å². The minimum atomic E-state index is -3.78. The van der Waals surface area contributed by atoms with Crippen LogP contribution in [0.15, 0.2) is 68.4 Å². The second-order valence-corrected chi connectivity index (χ2v) is 8.84. The van der Waals surface area contributed by atoms with Crippen LogP contribution in [0.4, 0.5) is 0 Å². The SMILES string of the molecule is COc1ccccc1-c1noc(-c2ccc(CS(=O)(=O)c3cc(Cl)ccc3OC)o2)n1. The number of methoxy groups -OCH3 is 2. The lowest BCUT2D eigenvalue weighted by molar-refractivity contribution is 0.402. The lowest BCUT2D eigenvalue weighted by atomic mass is 10.2. The Kier molecular flexibility index (Phi) is 5.71. The first kappa shape index (κ1) is 21.0. The first-order valence-corrected chi connectivity index (χ1v) is 11.1. The molecule has 4 aromatic rings. The molecule has 0 bridgehead atoms. The van der Waals surface area contributed by atoms with Crippen LogP contribution < -0.4 is 9.47 Å². The minimum Gasteiger partial charge on any atom is -0.496 e. The predicted octanol–water partition coefficient (Wildman–Crippen LogP) is 4.64. The zero-order valence-electron chi connectivity index (χ0n) is 16.5. The van der Waals surface area contributed by atoms with E-state index in [2.05, 4.69) is 10.1 Å². The van der Waals surface area contributed by atoms with E-state index in [1.807, 2.05) is 12.1 Å². The van der Waals surface area contributed by atoms with Crippen LogP contribution in [0.5, 0.6) is 11.5 Å². The van der Waals surface area contributed by atoms with E-state index in [4.69, 9.17) is 30.0 Å². The number of rotatable bonds is 7. The summed E-state index contributed by atoms with van der Waals surface area (Å²) in [6, 6.07) is 14.7. The summed E-state index contributed by atoms with van der Waals surface area (Å²) < 4.78 is 47.2. The van der Waals surface area contributed by atoms with E-state index < -0.39 is 15.6 Å². The lowest BCUT2D eigenvalue weighted by Gasteiger charge is -2.09. The van der Waals surface area contributed by atoms with Crippen molar-refractivity contribution in [3.8, 4) is 34.5 Å². The van der Waals surface area contributed by atoms with Gasteiger partial charge in [-0.25, -0.2) is 8.42 Å². The van der Waals surface area contributed by atoms with E-state index in [-0.39, 0.29) is 33.1 Å². The number of hydrogen-bond donors (Lipinski definition) is 0. The highest BCUT2D eigenvalue weighted by molar-refractivity contribution is 7.90. The Morgan fingerprint density at radius 1 is 1.00 bits per heavy atom. The molecule has 31 heavy (non-hydrogen) atoms. The first-order valence-electron chi connectivity index (χ1n) is 9.04. The van der Waals surface area contributed by atoms with Crippen molar-refractivity contribution in [3.05, 3.63) is 65.4 Å². The molecule has 0 atom stereocenters. The molecule has 0 spiro atoms. The molecule has 0 aliphatic heterocycles. The van der Waals surface area contributed by atoms with Gasteiger partial charge < -0.3 is 18.4 Å². The lowest BCUT2D eigenvalue weighted by Crippen LogP contribution is -2.06. The molecular formula is C21H17ClN2O6S. The van der Waals surface area contributed by atoms with Crippen molar-refractivity contribution in [2.75, 3.05) is 14.2 Å². The highest BCUT2D eigenvalue weighted by Crippen LogP contribution is 2.32. The van der Waals surface area contributed by atoms with Crippen molar-refractivity contribution in [2.45, 2.75) is 10.6 Å². The average molecular weight is 461 g/mol. The normalized spacial score (nSPS) is 11.5. The molecular weight excluding hydrogens is 444 g/mol. The van der Waals surface area contributed by atoms with Gasteiger partial charge in [0.1, 0.15) is 27.9 Å². The van der Waals surface area contributed by atoms with Crippen LogP contribution in [0.25, 0.3) is 23.0 Å². The standard InChI is InChI=1S/C21H17ClN2O6S/c1-27-16-6-4-3-5-15(16)20-23-21(30-24-20)18-10-8-14(29-18)12-31(25,26)19-11-13(22)7-9-17(19)28-2/h3-11H,12H2,1-2H3. The fraction of sp³-hybridized carbons (Fsp3) is 0.143. The maximum absolute atomic E-state index is 12.9. The van der Waals surface area contributed by atoms with Gasteiger partial charge in [0, 0.05) is 5.02 Å². The van der Waals surface area contributed by atoms with Crippen molar-refractivity contribution in [2.24, 2.45) is 0 Å². The summed E-state index contributed by atoms with van der Waals surface area (Å²) in [5, 5.41) is 4.25. The van der Waals surface area contributed by atoms with E-state index in [1.54, 1.807) is 31.4 Å². The monoisotopic (exact) mass is 460 g/mol. The zero-order valence-corrected chi connectivity index (χ0v) is 18.1. The second-order valence-electron chi connectivity index (χ2n) is 6.44. The molecule has 0 saturated heterocycles. The number of ether oxygens (including phenoxy) is 2. The number of para-hydroxylation sites is 1. The Hall–Kier alpha value is -3.30. The Labute approximate surface area is 183 Å². The fourth-order valence-corrected chi connectivity index (χ4v) is 4.68. The van der Waals surface area contributed by atoms with E-state index in [9.17, 15) is 8.42 Å². The molecule has 8 nitrogen and oxygen atoms in total. The Balaban J connectivity index is 1.60. The highest BCUT2D eigenvalue weighted by Gasteiger charge is 2.24. The van der Waals surface area contributed by atoms with Crippen LogP contribution in [0, 0.1) is 0 Å². The van der Waals surface area contributed by atoms with Crippen molar-refractivity contribution < 1.29 is 26.8 Å². The Morgan fingerprint density at radius 3 is 2.55 bits per heavy atom. The van der Waals surface area contributed by atoms with Crippen molar-refractivity contribution in [1.82, 2.24) is 10.1 Å². The maximum atomic E-state index is 12.9. The quantitative estimate of drug-likeness (QED) is 0.392. The number of halogens is 1. The molecule has 2 aromatic carbocycles. The minimum absolute atomic E-state index is 0.0169. The molecule has 0 unspecified atom stereocenters. The number of nitrogens with zero attached hydrogens (tertiary/aromatic N) is 2. The summed E-state index contributed by atoms with van der Waals surface area (Å²) in [6.45, 7) is 0. The summed E-state index contributed by atoms with van der Waals surface area (Å²) >= 11 is 5.96. The summed E-state index contributed by atoms with van der Waals surface area (Å²) in [6.07, 6.45) is 0. The number of aromatic nitrogens is 2. The summed E-state index contributed by atoms with van der Waals surface area (Å²) in [5.74, 6) is 1.29. The molecule has 0 amide bonds. The summed E-state index contributed by atoms with van der Waals surface area (Å²) in [4.78, 5) is 4.31. The highest BCUT2D eigenvalue weighted by atomic mass is 35.5. The molecule has 2 aromatic heterocycles. The van der Waals surface area contributed by atoms with Gasteiger partial charge in [0.05, 0.1) is 19.8 Å². The molecule has 0 aliphatic rings. The smallest absolute Gasteiger partial charge is 0.293 e. The maximum Gasteiger partial charge on any atom is 0.293 e. The van der Waals surface area contributed by atoms with Crippen LogP contribution in [-0.4, -0.2) is 32.8 Å². The second kappa shape index (κ2) is 8.44. The molecule has 0 saturated carbocycles. The van der Waals surface area contributed by atoms with Crippen LogP contribution in [-0.2, 0) is 15.6 Å². The van der Waals surface area contributed by atoms with Crippen LogP contribution in [0.2, 0.25) is 5.02 Å². The summed E-state index contributed by atoms with van der Waals surface area (Å²) in [7, 11) is -0.840. The fourth-order valence-electron chi connectivity index (χ4n) is 2.99. The van der Waals surface area contributed by atoms with Gasteiger partial charge in [0.25, 0.3) is 5.89 Å². The first-order chi connectivity index (χ1) is 14.9. The Morgan fingerprint density at radius 2 is 1.77 bits per heavy atom. The predicted molar refractivity (Wildman–Crippen MR) is 113 cm³/mol. The summed E-state index contributed by atoms with van der Waals surface area (Å²) in [5.41, 5.74) is 0.655. The topological polar surface area (TPSA) is 105 Å². The number of benzene rings is 2. The third kappa shape index (κ3) is 4.28. The molecule has 4 rings (SSSR count). The number of sulfone groups is 1. The molecule has 160 valence electrons. The van der Waals surface area contributed by atoms with Crippen molar-refractivity contribution in [3.63, 3.8) is 0 Å². The van der Waals surface area contributed by atoms with Gasteiger partial charge in [0.15, 0.2) is 15.6 Å². The van der Waals surface area contributed by atoms with Gasteiger partial charge in [-0.3, -0.25) is 0 Å². The molecule has 0 aliphatic carbocycles. The van der Waals surface area contributed by atoms with Crippen molar-refractivity contribution >= 4 is 21.4 Å². The van der Waals surface area contributed by atoms with Gasteiger partial charge in [-0.05, 0) is 42.5 Å². The molecule has 2 heterocycles. The van der Waals surface area contributed by atoms with Crippen LogP contribution in [0.1, 0.15) is 5.76 Å². The third-order valence-corrected chi connectivity index (χ3v) is 6.33. The molecule has 0 fully saturated rings. The number of furan rings is 1. The van der Waals surface area contributed by atoms with Crippen molar-refractivity contribution in [1.29, 1.82) is 0 Å². The van der Waals surface area contributed by atoms with E-state index in [0.29, 0.717) is 17.1 Å². The zero-order chi connectivity index (χ0) is 22.0. The largest absolute Gasteiger partial charge is 0.496 e. The van der Waals surface area contributed by atoms with Crippen LogP contribution >= 0.6 is 11.6 Å².